The Kier molecular flexibility index (Phi) is 8.89. The van der Waals surface area contributed by atoms with E-state index < -0.39 is 0 Å². The van der Waals surface area contributed by atoms with E-state index in [-0.39, 0.29) is 0 Å². The van der Waals surface area contributed by atoms with E-state index in [2.05, 4.69) is 194 Å². The Labute approximate surface area is 364 Å². The first kappa shape index (κ1) is 36.6. The Morgan fingerprint density at radius 1 is 0.397 bits per heavy atom. The number of hydrogen-bond donors (Lipinski definition) is 0. The molecule has 0 saturated heterocycles. The Bertz CT molecular complexity index is 3570. The van der Waals surface area contributed by atoms with Crippen LogP contribution in [0.5, 0.6) is 0 Å². The van der Waals surface area contributed by atoms with Crippen LogP contribution in [-0.2, 0) is 0 Å². The van der Waals surface area contributed by atoms with E-state index in [1.54, 1.807) is 0 Å². The highest BCUT2D eigenvalue weighted by Gasteiger charge is 2.20. The highest BCUT2D eigenvalue weighted by Crippen LogP contribution is 2.43. The molecule has 0 saturated carbocycles. The molecular weight excluding hydrogens is 769 g/mol. The number of benzene rings is 8. The summed E-state index contributed by atoms with van der Waals surface area (Å²) < 4.78 is 7.07. The maximum Gasteiger partial charge on any atom is 0.164 e. The van der Waals surface area contributed by atoms with Gasteiger partial charge in [0, 0.05) is 60.7 Å². The lowest BCUT2D eigenvalue weighted by Gasteiger charge is -2.14. The summed E-state index contributed by atoms with van der Waals surface area (Å²) in [6.45, 7) is 0. The van der Waals surface area contributed by atoms with Crippen molar-refractivity contribution in [3.63, 3.8) is 0 Å². The van der Waals surface area contributed by atoms with Crippen molar-refractivity contribution in [2.24, 2.45) is 0 Å². The fraction of sp³-hybridized carbons (Fsp3) is 0.0345. The number of para-hydroxylation sites is 2. The van der Waals surface area contributed by atoms with Crippen molar-refractivity contribution in [1.29, 1.82) is 0 Å². The number of aromatic nitrogens is 4. The first-order valence-electron chi connectivity index (χ1n) is 21.4. The van der Waals surface area contributed by atoms with Gasteiger partial charge in [-0.05, 0) is 46.9 Å². The van der Waals surface area contributed by atoms with Crippen LogP contribution in [-0.4, -0.2) is 19.9 Å². The van der Waals surface area contributed by atoms with Crippen molar-refractivity contribution in [2.75, 3.05) is 0 Å². The van der Waals surface area contributed by atoms with Gasteiger partial charge < -0.3 is 4.42 Å². The third kappa shape index (κ3) is 6.59. The molecule has 8 aromatic carbocycles. The number of fused-ring (bicyclic) bond motifs is 7. The number of furan rings is 1. The summed E-state index contributed by atoms with van der Waals surface area (Å²) in [5.74, 6) is 2.20. The third-order valence-electron chi connectivity index (χ3n) is 12.3. The summed E-state index contributed by atoms with van der Waals surface area (Å²) in [6, 6.07) is 65.5. The molecule has 5 nitrogen and oxygen atoms in total. The van der Waals surface area contributed by atoms with Crippen molar-refractivity contribution >= 4 is 43.6 Å². The molecule has 0 bridgehead atoms. The molecule has 12 rings (SSSR count). The molecule has 0 radical (unpaired) electrons. The molecule has 1 aliphatic rings. The maximum absolute atomic E-state index is 7.07. The quantitative estimate of drug-likeness (QED) is 0.150. The smallest absolute Gasteiger partial charge is 0.164 e. The summed E-state index contributed by atoms with van der Waals surface area (Å²) in [4.78, 5) is 20.6. The van der Waals surface area contributed by atoms with Gasteiger partial charge in [0.25, 0.3) is 0 Å². The van der Waals surface area contributed by atoms with Gasteiger partial charge in [0.15, 0.2) is 17.5 Å². The first-order chi connectivity index (χ1) is 31.2. The van der Waals surface area contributed by atoms with Crippen molar-refractivity contribution < 1.29 is 4.42 Å². The molecule has 1 atom stereocenters. The topological polar surface area (TPSA) is 64.7 Å². The van der Waals surface area contributed by atoms with Crippen LogP contribution in [0.25, 0.3) is 111 Å². The summed E-state index contributed by atoms with van der Waals surface area (Å²) in [7, 11) is 0. The van der Waals surface area contributed by atoms with E-state index in [1.165, 1.54) is 5.56 Å². The van der Waals surface area contributed by atoms with E-state index in [4.69, 9.17) is 24.4 Å². The molecule has 1 aliphatic carbocycles. The number of hydrogen-bond acceptors (Lipinski definition) is 5. The van der Waals surface area contributed by atoms with Gasteiger partial charge in [-0.2, -0.15) is 0 Å². The fourth-order valence-corrected chi connectivity index (χ4v) is 9.07. The zero-order valence-corrected chi connectivity index (χ0v) is 34.2. The average Bonchev–Trinajstić information content (AvgIpc) is 3.76. The van der Waals surface area contributed by atoms with Gasteiger partial charge in [0.05, 0.1) is 11.2 Å². The molecule has 0 fully saturated rings. The van der Waals surface area contributed by atoms with E-state index >= 15 is 0 Å². The molecule has 1 unspecified atom stereocenters. The minimum atomic E-state index is 0.359. The van der Waals surface area contributed by atoms with E-state index in [1.807, 2.05) is 18.2 Å². The van der Waals surface area contributed by atoms with Crippen LogP contribution in [0.3, 0.4) is 0 Å². The fourth-order valence-electron chi connectivity index (χ4n) is 9.07. The Morgan fingerprint density at radius 2 is 0.968 bits per heavy atom. The van der Waals surface area contributed by atoms with Crippen molar-refractivity contribution in [3.05, 3.63) is 218 Å². The second-order valence-corrected chi connectivity index (χ2v) is 16.1. The normalized spacial score (nSPS) is 13.7. The van der Waals surface area contributed by atoms with Crippen LogP contribution in [0.4, 0.5) is 0 Å². The number of pyridine rings is 1. The minimum absolute atomic E-state index is 0.359. The number of rotatable bonds is 7. The van der Waals surface area contributed by atoms with Crippen LogP contribution in [0.15, 0.2) is 217 Å². The Hall–Kier alpha value is -8.28. The van der Waals surface area contributed by atoms with Crippen LogP contribution in [0.1, 0.15) is 17.9 Å². The summed E-state index contributed by atoms with van der Waals surface area (Å²) >= 11 is 0. The molecule has 5 heteroatoms. The zero-order chi connectivity index (χ0) is 41.7. The Morgan fingerprint density at radius 3 is 1.71 bits per heavy atom. The standard InChI is InChI=1S/C58H38N4O/c1-4-14-37(15-5-1)39-26-30-42(31-27-39)56-60-57(43-32-28-40(29-33-43)38-16-6-2-7-17-38)62-58(61-56)45-21-12-20-44(36-45)46-23-13-24-47-48-34-35-50-52(55(48)63-54(46)47)49-22-10-11-25-51(49)59-53(50)41-18-8-3-9-19-41/h1-16,18-36,38H,17H2. The lowest BCUT2D eigenvalue weighted by Crippen LogP contribution is -2.01. The van der Waals surface area contributed by atoms with E-state index in [9.17, 15) is 0 Å². The van der Waals surface area contributed by atoms with Crippen LogP contribution in [0, 0.1) is 0 Å². The van der Waals surface area contributed by atoms with Gasteiger partial charge in [0.2, 0.25) is 0 Å². The largest absolute Gasteiger partial charge is 0.455 e. The molecule has 3 heterocycles. The van der Waals surface area contributed by atoms with Crippen molar-refractivity contribution in [3.8, 4) is 67.7 Å². The average molecular weight is 807 g/mol. The van der Waals surface area contributed by atoms with Gasteiger partial charge in [-0.25, -0.2) is 19.9 Å². The highest BCUT2D eigenvalue weighted by molar-refractivity contribution is 6.25. The van der Waals surface area contributed by atoms with E-state index in [0.717, 1.165) is 100 Å². The SMILES string of the molecule is C1=CCC(c2ccc(-c3nc(-c4ccc(-c5ccccc5)cc4)nc(-c4cccc(-c5cccc6c5oc5c6ccc6c(-c7ccccc7)nc7ccccc7c65)c4)n3)cc2)C=C1. The lowest BCUT2D eigenvalue weighted by atomic mass is 9.92. The third-order valence-corrected chi connectivity index (χ3v) is 12.3. The Balaban J connectivity index is 0.990. The minimum Gasteiger partial charge on any atom is -0.455 e. The molecule has 3 aromatic heterocycles. The van der Waals surface area contributed by atoms with Gasteiger partial charge in [0.1, 0.15) is 11.2 Å². The molecule has 63 heavy (non-hydrogen) atoms. The molecule has 0 N–H and O–H groups in total. The number of allylic oxidation sites excluding steroid dienone is 4. The second kappa shape index (κ2) is 15.3. The molecule has 296 valence electrons. The van der Waals surface area contributed by atoms with Gasteiger partial charge in [-0.1, -0.05) is 194 Å². The number of nitrogens with zero attached hydrogens (tertiary/aromatic N) is 4. The van der Waals surface area contributed by atoms with Crippen LogP contribution in [0.2, 0.25) is 0 Å². The summed E-state index contributed by atoms with van der Waals surface area (Å²) in [5.41, 5.74) is 13.0. The summed E-state index contributed by atoms with van der Waals surface area (Å²) in [5, 5.41) is 5.31. The van der Waals surface area contributed by atoms with Gasteiger partial charge in [-0.3, -0.25) is 0 Å². The summed E-state index contributed by atoms with van der Waals surface area (Å²) in [6.07, 6.45) is 9.71. The van der Waals surface area contributed by atoms with E-state index in [0.29, 0.717) is 23.4 Å². The predicted molar refractivity (Wildman–Crippen MR) is 258 cm³/mol. The van der Waals surface area contributed by atoms with Crippen LogP contribution < -0.4 is 0 Å². The monoisotopic (exact) mass is 806 g/mol. The van der Waals surface area contributed by atoms with Crippen LogP contribution >= 0.6 is 0 Å². The molecule has 0 aliphatic heterocycles. The second-order valence-electron chi connectivity index (χ2n) is 16.1. The molecular formula is C58H38N4O. The molecule has 0 spiro atoms. The molecule has 0 amide bonds. The van der Waals surface area contributed by atoms with Gasteiger partial charge in [-0.15, -0.1) is 0 Å². The van der Waals surface area contributed by atoms with Crippen molar-refractivity contribution in [2.45, 2.75) is 12.3 Å². The zero-order valence-electron chi connectivity index (χ0n) is 34.2. The maximum atomic E-state index is 7.07. The predicted octanol–water partition coefficient (Wildman–Crippen LogP) is 15.1. The highest BCUT2D eigenvalue weighted by atomic mass is 16.3. The molecule has 11 aromatic rings. The van der Waals surface area contributed by atoms with Gasteiger partial charge >= 0.3 is 0 Å². The van der Waals surface area contributed by atoms with Crippen molar-refractivity contribution in [1.82, 2.24) is 19.9 Å². The lowest BCUT2D eigenvalue weighted by molar-refractivity contribution is 0.674. The first-order valence-corrected chi connectivity index (χ1v) is 21.4.